The van der Waals surface area contributed by atoms with Gasteiger partial charge in [0.2, 0.25) is 19.7 Å². The predicted molar refractivity (Wildman–Crippen MR) is 83.9 cm³/mol. The van der Waals surface area contributed by atoms with Gasteiger partial charge in [0.15, 0.2) is 0 Å². The van der Waals surface area contributed by atoms with Crippen LogP contribution in [0.2, 0.25) is 0 Å². The molecule has 2 aromatic carbocycles. The van der Waals surface area contributed by atoms with Crippen LogP contribution in [-0.4, -0.2) is 28.5 Å². The van der Waals surface area contributed by atoms with Crippen molar-refractivity contribution in [2.45, 2.75) is 38.8 Å². The van der Waals surface area contributed by atoms with E-state index in [1.54, 1.807) is 6.07 Å². The van der Waals surface area contributed by atoms with E-state index in [9.17, 15) is 21.9 Å². The molecule has 5 nitrogen and oxygen atoms in total. The van der Waals surface area contributed by atoms with Crippen LogP contribution < -0.4 is 0 Å². The Bertz CT molecular complexity index is 971. The van der Waals surface area contributed by atoms with Gasteiger partial charge in [-0.25, -0.2) is 16.8 Å². The van der Waals surface area contributed by atoms with Crippen LogP contribution in [0.5, 0.6) is 0 Å². The highest BCUT2D eigenvalue weighted by molar-refractivity contribution is 7.97. The summed E-state index contributed by atoms with van der Waals surface area (Å²) in [7, 11) is -7.78. The highest BCUT2D eigenvalue weighted by Crippen LogP contribution is 2.41. The molecule has 0 bridgehead atoms. The molecule has 1 aliphatic heterocycles. The lowest BCUT2D eigenvalue weighted by molar-refractivity contribution is 0.262. The van der Waals surface area contributed by atoms with Gasteiger partial charge in [0.1, 0.15) is 0 Å². The van der Waals surface area contributed by atoms with Gasteiger partial charge < -0.3 is 5.11 Å². The van der Waals surface area contributed by atoms with Crippen molar-refractivity contribution in [2.75, 3.05) is 6.61 Å². The molecule has 7 heteroatoms. The maximum absolute atomic E-state index is 12.8. The van der Waals surface area contributed by atoms with E-state index < -0.39 is 19.7 Å². The van der Waals surface area contributed by atoms with Crippen LogP contribution in [0.4, 0.5) is 0 Å². The maximum atomic E-state index is 12.8. The summed E-state index contributed by atoms with van der Waals surface area (Å²) in [5, 5.41) is 9.41. The Balaban J connectivity index is 2.35. The minimum absolute atomic E-state index is 0.126. The summed E-state index contributed by atoms with van der Waals surface area (Å²) in [6.45, 7) is 1.75. The minimum Gasteiger partial charge on any atom is -0.396 e. The molecule has 0 amide bonds. The molecule has 0 spiro atoms. The third-order valence-corrected chi connectivity index (χ3v) is 8.14. The van der Waals surface area contributed by atoms with Gasteiger partial charge in [-0.05, 0) is 36.2 Å². The standard InChI is InChI=1S/C16H16O5S2/c1-2-11(10-17)12-7-8-15-16(9-12)23(20,21)14-6-4-3-5-13(14)22(15,18)19/h3-9,11,17H,2,10H2,1H3. The number of aliphatic hydroxyl groups is 1. The lowest BCUT2D eigenvalue weighted by atomic mass is 9.98. The second-order valence-corrected chi connectivity index (χ2v) is 9.22. The first-order valence-corrected chi connectivity index (χ1v) is 10.1. The first-order valence-electron chi connectivity index (χ1n) is 7.18. The highest BCUT2D eigenvalue weighted by atomic mass is 32.2. The normalized spacial score (nSPS) is 18.7. The molecule has 0 radical (unpaired) electrons. The molecule has 0 aliphatic carbocycles. The monoisotopic (exact) mass is 352 g/mol. The van der Waals surface area contributed by atoms with Gasteiger partial charge >= 0.3 is 0 Å². The maximum Gasteiger partial charge on any atom is 0.209 e. The number of benzene rings is 2. The molecular formula is C16H16O5S2. The molecule has 3 rings (SSSR count). The summed E-state index contributed by atoms with van der Waals surface area (Å²) in [4.78, 5) is -0.788. The Morgan fingerprint density at radius 2 is 1.39 bits per heavy atom. The Kier molecular flexibility index (Phi) is 3.82. The lowest BCUT2D eigenvalue weighted by Gasteiger charge is -2.22. The van der Waals surface area contributed by atoms with Crippen molar-refractivity contribution in [1.29, 1.82) is 0 Å². The molecule has 23 heavy (non-hydrogen) atoms. The van der Waals surface area contributed by atoms with Crippen LogP contribution in [0.1, 0.15) is 24.8 Å². The van der Waals surface area contributed by atoms with Crippen molar-refractivity contribution in [3.05, 3.63) is 48.0 Å². The number of sulfone groups is 2. The second kappa shape index (κ2) is 5.43. The molecule has 1 unspecified atom stereocenters. The Hall–Kier alpha value is -1.70. The average Bonchev–Trinajstić information content (AvgIpc) is 2.55. The molecule has 1 aliphatic rings. The van der Waals surface area contributed by atoms with Crippen molar-refractivity contribution in [3.8, 4) is 0 Å². The molecule has 0 saturated heterocycles. The van der Waals surface area contributed by atoms with Gasteiger partial charge in [0.25, 0.3) is 0 Å². The topological polar surface area (TPSA) is 88.5 Å². The molecule has 1 N–H and O–H groups in total. The molecule has 0 aromatic heterocycles. The molecule has 1 heterocycles. The summed E-state index contributed by atoms with van der Waals surface area (Å²) >= 11 is 0. The van der Waals surface area contributed by atoms with Crippen molar-refractivity contribution < 1.29 is 21.9 Å². The van der Waals surface area contributed by atoms with E-state index in [0.29, 0.717) is 12.0 Å². The zero-order chi connectivity index (χ0) is 16.8. The van der Waals surface area contributed by atoms with Gasteiger partial charge in [-0.2, -0.15) is 0 Å². The number of aliphatic hydroxyl groups excluding tert-OH is 1. The van der Waals surface area contributed by atoms with Crippen LogP contribution in [0.3, 0.4) is 0 Å². The fourth-order valence-corrected chi connectivity index (χ4v) is 6.98. The SMILES string of the molecule is CCC(CO)c1ccc2c(c1)S(=O)(=O)c1ccccc1S2(=O)=O. The predicted octanol–water partition coefficient (Wildman–Crippen LogP) is 2.15. The third-order valence-electron chi connectivity index (χ3n) is 4.16. The second-order valence-electron chi connectivity index (χ2n) is 5.45. The van der Waals surface area contributed by atoms with Crippen molar-refractivity contribution in [2.24, 2.45) is 0 Å². The molecule has 0 saturated carbocycles. The van der Waals surface area contributed by atoms with E-state index in [-0.39, 0.29) is 32.1 Å². The largest absolute Gasteiger partial charge is 0.396 e. The molecule has 1 atom stereocenters. The van der Waals surface area contributed by atoms with Gasteiger partial charge in [0, 0.05) is 12.5 Å². The Morgan fingerprint density at radius 3 is 1.91 bits per heavy atom. The van der Waals surface area contributed by atoms with Crippen molar-refractivity contribution >= 4 is 19.7 Å². The third kappa shape index (κ3) is 2.31. The highest BCUT2D eigenvalue weighted by Gasteiger charge is 2.39. The summed E-state index contributed by atoms with van der Waals surface area (Å²) in [5.41, 5.74) is 0.618. The van der Waals surface area contributed by atoms with Crippen molar-refractivity contribution in [1.82, 2.24) is 0 Å². The molecule has 0 fully saturated rings. The summed E-state index contributed by atoms with van der Waals surface area (Å²) in [6, 6.07) is 9.90. The molecular weight excluding hydrogens is 336 g/mol. The lowest BCUT2D eigenvalue weighted by Crippen LogP contribution is -2.20. The van der Waals surface area contributed by atoms with Gasteiger partial charge in [0.05, 0.1) is 19.6 Å². The molecule has 122 valence electrons. The van der Waals surface area contributed by atoms with E-state index in [1.807, 2.05) is 6.92 Å². The quantitative estimate of drug-likeness (QED) is 0.780. The van der Waals surface area contributed by atoms with E-state index >= 15 is 0 Å². The van der Waals surface area contributed by atoms with Crippen LogP contribution in [0.25, 0.3) is 0 Å². The van der Waals surface area contributed by atoms with E-state index in [4.69, 9.17) is 0 Å². The number of fused-ring (bicyclic) bond motifs is 2. The number of hydrogen-bond acceptors (Lipinski definition) is 5. The summed E-state index contributed by atoms with van der Waals surface area (Å²) in [5.74, 6) is -0.227. The Morgan fingerprint density at radius 1 is 0.870 bits per heavy atom. The summed E-state index contributed by atoms with van der Waals surface area (Å²) < 4.78 is 51.0. The fourth-order valence-electron chi connectivity index (χ4n) is 2.81. The number of rotatable bonds is 3. The van der Waals surface area contributed by atoms with Crippen LogP contribution >= 0.6 is 0 Å². The van der Waals surface area contributed by atoms with Gasteiger partial charge in [-0.15, -0.1) is 0 Å². The first kappa shape index (κ1) is 16.2. The molecule has 2 aromatic rings. The van der Waals surface area contributed by atoms with Gasteiger partial charge in [-0.3, -0.25) is 0 Å². The van der Waals surface area contributed by atoms with Crippen molar-refractivity contribution in [3.63, 3.8) is 0 Å². The van der Waals surface area contributed by atoms with Gasteiger partial charge in [-0.1, -0.05) is 25.1 Å². The van der Waals surface area contributed by atoms with Crippen LogP contribution in [0, 0.1) is 0 Å². The smallest absolute Gasteiger partial charge is 0.209 e. The van der Waals surface area contributed by atoms with Crippen LogP contribution in [-0.2, 0) is 19.7 Å². The van der Waals surface area contributed by atoms with E-state index in [0.717, 1.165) is 0 Å². The first-order chi connectivity index (χ1) is 10.8. The Labute approximate surface area is 135 Å². The zero-order valence-corrected chi connectivity index (χ0v) is 14.1. The summed E-state index contributed by atoms with van der Waals surface area (Å²) in [6.07, 6.45) is 0.624. The van der Waals surface area contributed by atoms with E-state index in [1.165, 1.54) is 36.4 Å². The van der Waals surface area contributed by atoms with Crippen LogP contribution in [0.15, 0.2) is 62.0 Å². The number of hydrogen-bond donors (Lipinski definition) is 1. The fraction of sp³-hybridized carbons (Fsp3) is 0.250. The average molecular weight is 352 g/mol. The van der Waals surface area contributed by atoms with E-state index in [2.05, 4.69) is 0 Å². The minimum atomic E-state index is -3.91. The zero-order valence-electron chi connectivity index (χ0n) is 12.4.